The largest absolute Gasteiger partial charge is 0.309 e. The third kappa shape index (κ3) is 4.71. The molecule has 0 N–H and O–H groups in total. The van der Waals surface area contributed by atoms with Crippen molar-refractivity contribution in [3.8, 4) is 51.0 Å². The van der Waals surface area contributed by atoms with Gasteiger partial charge in [-0.05, 0) is 47.5 Å². The van der Waals surface area contributed by atoms with Crippen molar-refractivity contribution in [2.24, 2.45) is 0 Å². The lowest BCUT2D eigenvalue weighted by Gasteiger charge is -2.10. The highest BCUT2D eigenvalue weighted by Crippen LogP contribution is 2.42. The summed E-state index contributed by atoms with van der Waals surface area (Å²) in [5.74, 6) is 1.99. The van der Waals surface area contributed by atoms with Crippen molar-refractivity contribution in [1.29, 1.82) is 0 Å². The Hall–Kier alpha value is -6.43. The number of aromatic nitrogens is 4. The zero-order valence-electron chi connectivity index (χ0n) is 26.9. The van der Waals surface area contributed by atoms with Crippen LogP contribution in [0.5, 0.6) is 0 Å². The molecule has 0 aliphatic carbocycles. The van der Waals surface area contributed by atoms with Gasteiger partial charge < -0.3 is 4.57 Å². The number of fused-ring (bicyclic) bond motifs is 6. The van der Waals surface area contributed by atoms with Gasteiger partial charge in [0.25, 0.3) is 0 Å². The Kier molecular flexibility index (Phi) is 6.64. The van der Waals surface area contributed by atoms with E-state index in [1.165, 1.54) is 47.7 Å². The third-order valence-electron chi connectivity index (χ3n) is 9.46. The highest BCUT2D eigenvalue weighted by atomic mass is 32.1. The zero-order chi connectivity index (χ0) is 33.0. The maximum Gasteiger partial charge on any atom is 0.164 e. The molecule has 0 aliphatic rings. The molecule has 7 aromatic carbocycles. The molecule has 0 saturated carbocycles. The number of hydrogen-bond donors (Lipinski definition) is 0. The first-order chi connectivity index (χ1) is 24.8. The molecule has 0 bridgehead atoms. The van der Waals surface area contributed by atoms with Crippen LogP contribution in [0.3, 0.4) is 0 Å². The Balaban J connectivity index is 1.15. The van der Waals surface area contributed by atoms with Gasteiger partial charge in [0, 0.05) is 53.3 Å². The molecule has 3 aromatic heterocycles. The predicted molar refractivity (Wildman–Crippen MR) is 209 cm³/mol. The standard InChI is InChI=1S/C45H28N4S/c1-4-13-29(14-5-1)32-23-26-39-37(27-32)34-19-10-11-21-38(34)49(39)33-24-25-35-41(28-33)50-40-22-12-20-36(42(35)40)45-47-43(30-15-6-2-7-16-30)46-44(48-45)31-17-8-3-9-18-31/h1-28H. The first-order valence-electron chi connectivity index (χ1n) is 16.7. The van der Waals surface area contributed by atoms with Gasteiger partial charge in [-0.2, -0.15) is 0 Å². The van der Waals surface area contributed by atoms with Crippen LogP contribution in [0.25, 0.3) is 93.0 Å². The molecule has 4 nitrogen and oxygen atoms in total. The Morgan fingerprint density at radius 1 is 0.380 bits per heavy atom. The van der Waals surface area contributed by atoms with Crippen LogP contribution in [0.1, 0.15) is 0 Å². The van der Waals surface area contributed by atoms with E-state index in [2.05, 4.69) is 114 Å². The lowest BCUT2D eigenvalue weighted by molar-refractivity contribution is 1.08. The van der Waals surface area contributed by atoms with E-state index in [0.29, 0.717) is 17.5 Å². The number of para-hydroxylation sites is 1. The number of nitrogens with zero attached hydrogens (tertiary/aromatic N) is 4. The Morgan fingerprint density at radius 2 is 1.00 bits per heavy atom. The van der Waals surface area contributed by atoms with Crippen LogP contribution in [0, 0.1) is 0 Å². The minimum atomic E-state index is 0.662. The number of thiophene rings is 1. The summed E-state index contributed by atoms with van der Waals surface area (Å²) < 4.78 is 4.82. The normalized spacial score (nSPS) is 11.6. The maximum absolute atomic E-state index is 5.07. The number of hydrogen-bond acceptors (Lipinski definition) is 4. The fraction of sp³-hybridized carbons (Fsp3) is 0. The second-order valence-corrected chi connectivity index (χ2v) is 13.5. The van der Waals surface area contributed by atoms with E-state index in [-0.39, 0.29) is 0 Å². The molecule has 0 saturated heterocycles. The molecule has 0 unspecified atom stereocenters. The Labute approximate surface area is 292 Å². The molecule has 234 valence electrons. The van der Waals surface area contributed by atoms with Gasteiger partial charge in [-0.1, -0.05) is 133 Å². The van der Waals surface area contributed by atoms with Gasteiger partial charge in [0.1, 0.15) is 0 Å². The SMILES string of the molecule is c1ccc(-c2ccc3c(c2)c2ccccc2n3-c2ccc3c(c2)sc2cccc(-c4nc(-c5ccccc5)nc(-c5ccccc5)n4)c23)cc1. The molecule has 3 heterocycles. The van der Waals surface area contributed by atoms with Crippen molar-refractivity contribution in [3.63, 3.8) is 0 Å². The molecular weight excluding hydrogens is 629 g/mol. The molecule has 0 radical (unpaired) electrons. The summed E-state index contributed by atoms with van der Waals surface area (Å²) in [6.07, 6.45) is 0. The Morgan fingerprint density at radius 3 is 1.72 bits per heavy atom. The molecule has 5 heteroatoms. The molecule has 50 heavy (non-hydrogen) atoms. The monoisotopic (exact) mass is 656 g/mol. The van der Waals surface area contributed by atoms with Gasteiger partial charge in [-0.3, -0.25) is 0 Å². The summed E-state index contributed by atoms with van der Waals surface area (Å²) in [7, 11) is 0. The fourth-order valence-electron chi connectivity index (χ4n) is 7.13. The van der Waals surface area contributed by atoms with Crippen molar-refractivity contribution >= 4 is 53.3 Å². The highest BCUT2D eigenvalue weighted by molar-refractivity contribution is 7.26. The average molecular weight is 657 g/mol. The minimum Gasteiger partial charge on any atom is -0.309 e. The zero-order valence-corrected chi connectivity index (χ0v) is 27.7. The van der Waals surface area contributed by atoms with Crippen molar-refractivity contribution in [2.75, 3.05) is 0 Å². The van der Waals surface area contributed by atoms with Crippen molar-refractivity contribution < 1.29 is 0 Å². The molecule has 0 atom stereocenters. The summed E-state index contributed by atoms with van der Waals surface area (Å²) in [4.78, 5) is 15.1. The lowest BCUT2D eigenvalue weighted by atomic mass is 10.0. The third-order valence-corrected chi connectivity index (χ3v) is 10.6. The summed E-state index contributed by atoms with van der Waals surface area (Å²) in [5.41, 5.74) is 8.90. The van der Waals surface area contributed by atoms with E-state index < -0.39 is 0 Å². The maximum atomic E-state index is 5.07. The minimum absolute atomic E-state index is 0.662. The summed E-state index contributed by atoms with van der Waals surface area (Å²) >= 11 is 1.81. The van der Waals surface area contributed by atoms with Crippen molar-refractivity contribution in [3.05, 3.63) is 170 Å². The van der Waals surface area contributed by atoms with Gasteiger partial charge >= 0.3 is 0 Å². The van der Waals surface area contributed by atoms with Crippen LogP contribution in [0.4, 0.5) is 0 Å². The second-order valence-electron chi connectivity index (χ2n) is 12.5. The molecule has 10 rings (SSSR count). The van der Waals surface area contributed by atoms with Crippen LogP contribution in [-0.2, 0) is 0 Å². The van der Waals surface area contributed by atoms with E-state index in [1.54, 1.807) is 0 Å². The smallest absolute Gasteiger partial charge is 0.164 e. The van der Waals surface area contributed by atoms with Gasteiger partial charge in [0.2, 0.25) is 0 Å². The molecule has 0 fully saturated rings. The van der Waals surface area contributed by atoms with E-state index in [9.17, 15) is 0 Å². The van der Waals surface area contributed by atoms with Gasteiger partial charge in [-0.15, -0.1) is 11.3 Å². The summed E-state index contributed by atoms with van der Waals surface area (Å²) in [5, 5.41) is 4.86. The second kappa shape index (κ2) is 11.6. The number of benzene rings is 7. The molecule has 0 aliphatic heterocycles. The van der Waals surface area contributed by atoms with Gasteiger partial charge in [0.05, 0.1) is 11.0 Å². The molecular formula is C45H28N4S. The van der Waals surface area contributed by atoms with Crippen molar-refractivity contribution in [2.45, 2.75) is 0 Å². The summed E-state index contributed by atoms with van der Waals surface area (Å²) in [6, 6.07) is 59.7. The molecule has 0 spiro atoms. The molecule has 10 aromatic rings. The van der Waals surface area contributed by atoms with Crippen LogP contribution < -0.4 is 0 Å². The lowest BCUT2D eigenvalue weighted by Crippen LogP contribution is -2.00. The van der Waals surface area contributed by atoms with Crippen LogP contribution >= 0.6 is 11.3 Å². The van der Waals surface area contributed by atoms with Crippen LogP contribution in [-0.4, -0.2) is 19.5 Å². The fourth-order valence-corrected chi connectivity index (χ4v) is 8.30. The van der Waals surface area contributed by atoms with Crippen molar-refractivity contribution in [1.82, 2.24) is 19.5 Å². The topological polar surface area (TPSA) is 43.6 Å². The Bertz CT molecular complexity index is 2800. The quantitative estimate of drug-likeness (QED) is 0.185. The number of rotatable bonds is 5. The average Bonchev–Trinajstić information content (AvgIpc) is 3.74. The first kappa shape index (κ1) is 28.6. The van der Waals surface area contributed by atoms with E-state index >= 15 is 0 Å². The first-order valence-corrected chi connectivity index (χ1v) is 17.5. The van der Waals surface area contributed by atoms with E-state index in [0.717, 1.165) is 27.8 Å². The van der Waals surface area contributed by atoms with Gasteiger partial charge in [0.15, 0.2) is 17.5 Å². The van der Waals surface area contributed by atoms with Crippen LogP contribution in [0.2, 0.25) is 0 Å². The van der Waals surface area contributed by atoms with Crippen LogP contribution in [0.15, 0.2) is 170 Å². The van der Waals surface area contributed by atoms with E-state index in [4.69, 9.17) is 15.0 Å². The van der Waals surface area contributed by atoms with Gasteiger partial charge in [-0.25, -0.2) is 15.0 Å². The predicted octanol–water partition coefficient (Wildman–Crippen LogP) is 12.0. The van der Waals surface area contributed by atoms with E-state index in [1.807, 2.05) is 72.0 Å². The highest BCUT2D eigenvalue weighted by Gasteiger charge is 2.19. The summed E-state index contributed by atoms with van der Waals surface area (Å²) in [6.45, 7) is 0. The molecule has 0 amide bonds.